The second-order valence-corrected chi connectivity index (χ2v) is 4.44. The van der Waals surface area contributed by atoms with E-state index in [-0.39, 0.29) is 12.3 Å². The molecule has 7 heteroatoms. The largest absolute Gasteiger partial charge is 0.476 e. The van der Waals surface area contributed by atoms with E-state index in [0.717, 1.165) is 17.9 Å². The van der Waals surface area contributed by atoms with Gasteiger partial charge >= 0.3 is 5.97 Å². The van der Waals surface area contributed by atoms with Crippen LogP contribution in [-0.2, 0) is 0 Å². The van der Waals surface area contributed by atoms with E-state index in [0.29, 0.717) is 12.4 Å². The molecule has 0 unspecified atom stereocenters. The van der Waals surface area contributed by atoms with Crippen LogP contribution in [0.3, 0.4) is 0 Å². The smallest absolute Gasteiger partial charge is 0.356 e. The van der Waals surface area contributed by atoms with Crippen LogP contribution < -0.4 is 5.32 Å². The number of nitrogens with one attached hydrogen (secondary N) is 1. The van der Waals surface area contributed by atoms with Crippen molar-refractivity contribution in [3.63, 3.8) is 0 Å². The predicted molar refractivity (Wildman–Crippen MR) is 66.5 cm³/mol. The fraction of sp³-hybridized carbons (Fsp3) is 0.500. The number of thioether (sulfide) groups is 1. The highest BCUT2D eigenvalue weighted by Crippen LogP contribution is 2.04. The number of aliphatic hydroxyl groups is 1. The molecule has 0 spiro atoms. The number of anilines is 1. The van der Waals surface area contributed by atoms with E-state index in [1.165, 1.54) is 12.4 Å². The van der Waals surface area contributed by atoms with E-state index in [2.05, 4.69) is 15.3 Å². The first-order valence-corrected chi connectivity index (χ1v) is 6.37. The summed E-state index contributed by atoms with van der Waals surface area (Å²) in [4.78, 5) is 18.3. The molecular weight excluding hydrogens is 242 g/mol. The van der Waals surface area contributed by atoms with Gasteiger partial charge in [0.25, 0.3) is 0 Å². The third kappa shape index (κ3) is 5.50. The van der Waals surface area contributed by atoms with Crippen LogP contribution in [-0.4, -0.2) is 50.8 Å². The van der Waals surface area contributed by atoms with E-state index in [1.54, 1.807) is 11.8 Å². The van der Waals surface area contributed by atoms with Crippen LogP contribution in [0.25, 0.3) is 0 Å². The average molecular weight is 257 g/mol. The van der Waals surface area contributed by atoms with E-state index < -0.39 is 5.97 Å². The van der Waals surface area contributed by atoms with E-state index >= 15 is 0 Å². The van der Waals surface area contributed by atoms with Crippen molar-refractivity contribution in [2.45, 2.75) is 6.42 Å². The Hall–Kier alpha value is -1.34. The van der Waals surface area contributed by atoms with Gasteiger partial charge in [-0.05, 0) is 12.2 Å². The third-order valence-electron chi connectivity index (χ3n) is 1.85. The minimum atomic E-state index is -1.08. The lowest BCUT2D eigenvalue weighted by Gasteiger charge is -2.05. The maximum Gasteiger partial charge on any atom is 0.356 e. The monoisotopic (exact) mass is 257 g/mol. The Morgan fingerprint density at radius 2 is 2.24 bits per heavy atom. The van der Waals surface area contributed by atoms with Gasteiger partial charge in [-0.15, -0.1) is 0 Å². The zero-order chi connectivity index (χ0) is 12.5. The molecule has 0 aliphatic rings. The highest BCUT2D eigenvalue weighted by Gasteiger charge is 2.05. The van der Waals surface area contributed by atoms with Crippen LogP contribution in [0.1, 0.15) is 16.9 Å². The third-order valence-corrected chi connectivity index (χ3v) is 2.92. The van der Waals surface area contributed by atoms with Crippen LogP contribution in [0.2, 0.25) is 0 Å². The number of hydrogen-bond donors (Lipinski definition) is 3. The van der Waals surface area contributed by atoms with Crippen LogP contribution in [0.5, 0.6) is 0 Å². The molecule has 3 N–H and O–H groups in total. The molecule has 6 nitrogen and oxygen atoms in total. The first-order chi connectivity index (χ1) is 8.24. The molecular formula is C10H15N3O3S. The Morgan fingerprint density at radius 1 is 1.41 bits per heavy atom. The summed E-state index contributed by atoms with van der Waals surface area (Å²) in [6.07, 6.45) is 3.49. The summed E-state index contributed by atoms with van der Waals surface area (Å²) in [5.74, 6) is 1.17. The van der Waals surface area contributed by atoms with Gasteiger partial charge in [-0.2, -0.15) is 11.8 Å². The number of nitrogens with zero attached hydrogens (tertiary/aromatic N) is 2. The van der Waals surface area contributed by atoms with Crippen LogP contribution >= 0.6 is 11.8 Å². The van der Waals surface area contributed by atoms with Crippen molar-refractivity contribution in [1.82, 2.24) is 9.97 Å². The number of aliphatic hydroxyl groups excluding tert-OH is 1. The molecule has 1 heterocycles. The summed E-state index contributed by atoms with van der Waals surface area (Å²) in [6, 6.07) is 0. The fourth-order valence-corrected chi connectivity index (χ4v) is 1.86. The first-order valence-electron chi connectivity index (χ1n) is 5.22. The zero-order valence-corrected chi connectivity index (χ0v) is 10.1. The number of carbonyl (C=O) groups is 1. The summed E-state index contributed by atoms with van der Waals surface area (Å²) in [5, 5.41) is 20.3. The topological polar surface area (TPSA) is 95.3 Å². The number of carboxylic acids is 1. The highest BCUT2D eigenvalue weighted by molar-refractivity contribution is 7.99. The van der Waals surface area contributed by atoms with Crippen molar-refractivity contribution in [3.05, 3.63) is 18.1 Å². The number of rotatable bonds is 8. The van der Waals surface area contributed by atoms with Gasteiger partial charge in [0.15, 0.2) is 5.69 Å². The normalized spacial score (nSPS) is 10.2. The van der Waals surface area contributed by atoms with Crippen molar-refractivity contribution in [2.24, 2.45) is 0 Å². The van der Waals surface area contributed by atoms with Crippen LogP contribution in [0.15, 0.2) is 12.4 Å². The molecule has 17 heavy (non-hydrogen) atoms. The van der Waals surface area contributed by atoms with Gasteiger partial charge in [-0.3, -0.25) is 4.98 Å². The number of hydrogen-bond acceptors (Lipinski definition) is 6. The molecule has 0 aliphatic heterocycles. The highest BCUT2D eigenvalue weighted by atomic mass is 32.2. The zero-order valence-electron chi connectivity index (χ0n) is 9.30. The van der Waals surface area contributed by atoms with Crippen LogP contribution in [0, 0.1) is 0 Å². The molecule has 0 amide bonds. The Kier molecular flexibility index (Phi) is 6.34. The Balaban J connectivity index is 2.27. The van der Waals surface area contributed by atoms with Crippen LogP contribution in [0.4, 0.5) is 5.82 Å². The number of aromatic carboxylic acids is 1. The maximum atomic E-state index is 10.6. The van der Waals surface area contributed by atoms with Crippen molar-refractivity contribution in [3.8, 4) is 0 Å². The molecule has 0 saturated heterocycles. The van der Waals surface area contributed by atoms with Crippen molar-refractivity contribution in [2.75, 3.05) is 30.0 Å². The second-order valence-electron chi connectivity index (χ2n) is 3.21. The van der Waals surface area contributed by atoms with E-state index in [9.17, 15) is 4.79 Å². The number of carboxylic acid groups (broad SMARTS) is 1. The lowest BCUT2D eigenvalue weighted by atomic mass is 10.4. The van der Waals surface area contributed by atoms with Gasteiger partial charge in [0.05, 0.1) is 12.4 Å². The lowest BCUT2D eigenvalue weighted by Crippen LogP contribution is -2.09. The molecule has 0 radical (unpaired) electrons. The second kappa shape index (κ2) is 7.86. The SMILES string of the molecule is O=C(O)c1cncc(NCCSCCCO)n1. The number of aromatic nitrogens is 2. The summed E-state index contributed by atoms with van der Waals surface area (Å²) in [7, 11) is 0. The van der Waals surface area contributed by atoms with Gasteiger partial charge in [0, 0.05) is 18.9 Å². The molecule has 1 aromatic rings. The standard InChI is InChI=1S/C10H15N3O3S/c14-3-1-4-17-5-2-12-9-7-11-6-8(13-9)10(15)16/h6-7,14H,1-5H2,(H,12,13)(H,15,16). The molecule has 0 aliphatic carbocycles. The van der Waals surface area contributed by atoms with Crippen molar-refractivity contribution in [1.29, 1.82) is 0 Å². The summed E-state index contributed by atoms with van der Waals surface area (Å²) < 4.78 is 0. The van der Waals surface area contributed by atoms with Gasteiger partial charge in [-0.1, -0.05) is 0 Å². The molecule has 0 atom stereocenters. The van der Waals surface area contributed by atoms with Gasteiger partial charge in [-0.25, -0.2) is 9.78 Å². The molecule has 0 bridgehead atoms. The minimum absolute atomic E-state index is 0.0667. The van der Waals surface area contributed by atoms with Gasteiger partial charge in [0.2, 0.25) is 0 Å². The Morgan fingerprint density at radius 3 is 2.94 bits per heavy atom. The Bertz CT molecular complexity index is 362. The maximum absolute atomic E-state index is 10.6. The minimum Gasteiger partial charge on any atom is -0.476 e. The molecule has 0 saturated carbocycles. The molecule has 1 rings (SSSR count). The van der Waals surface area contributed by atoms with E-state index in [4.69, 9.17) is 10.2 Å². The summed E-state index contributed by atoms with van der Waals surface area (Å²) in [6.45, 7) is 0.903. The lowest BCUT2D eigenvalue weighted by molar-refractivity contribution is 0.0690. The quantitative estimate of drug-likeness (QED) is 0.590. The molecule has 1 aromatic heterocycles. The fourth-order valence-electron chi connectivity index (χ4n) is 1.07. The molecule has 0 aromatic carbocycles. The summed E-state index contributed by atoms with van der Waals surface area (Å²) in [5.41, 5.74) is -0.0667. The molecule has 0 fully saturated rings. The van der Waals surface area contributed by atoms with Crippen molar-refractivity contribution < 1.29 is 15.0 Å². The molecule has 94 valence electrons. The van der Waals surface area contributed by atoms with Gasteiger partial charge in [0.1, 0.15) is 5.82 Å². The average Bonchev–Trinajstić information content (AvgIpc) is 2.34. The summed E-state index contributed by atoms with van der Waals surface area (Å²) >= 11 is 1.72. The van der Waals surface area contributed by atoms with Gasteiger partial charge < -0.3 is 15.5 Å². The van der Waals surface area contributed by atoms with E-state index in [1.807, 2.05) is 0 Å². The Labute approximate surface area is 103 Å². The van der Waals surface area contributed by atoms with Crippen molar-refractivity contribution >= 4 is 23.5 Å². The predicted octanol–water partition coefficient (Wildman–Crippen LogP) is 0.702. The first kappa shape index (κ1) is 13.7.